The number of hydrogen-bond acceptors (Lipinski definition) is 8. The van der Waals surface area contributed by atoms with Crippen LogP contribution in [-0.4, -0.2) is 41.5 Å². The number of amidine groups is 1. The Morgan fingerprint density at radius 3 is 2.56 bits per heavy atom. The van der Waals surface area contributed by atoms with Crippen LogP contribution in [-0.2, 0) is 6.18 Å². The van der Waals surface area contributed by atoms with E-state index in [-0.39, 0.29) is 12.0 Å². The Morgan fingerprint density at radius 1 is 1.22 bits per heavy atom. The standard InChI is InChI=1S/C16H21F3N8/c1-8-2-3-27(8)15-20-12(16(17,18)19)5-14(21-15)26-6-10-9(11(10)7-26)4-13-22-24-25-23-13/h5,8-11,24-25H,2-4,6-7H2,1H3,(H,22,23)/t8-,9?,10-,11+/m0/s1. The van der Waals surface area contributed by atoms with Crippen LogP contribution < -0.4 is 26.3 Å². The molecule has 3 fully saturated rings. The second-order valence-corrected chi connectivity index (χ2v) is 7.76. The zero-order valence-corrected chi connectivity index (χ0v) is 14.8. The number of piperidine rings is 1. The fraction of sp³-hybridized carbons (Fsp3) is 0.688. The van der Waals surface area contributed by atoms with Crippen molar-refractivity contribution in [2.45, 2.75) is 32.0 Å². The Morgan fingerprint density at radius 2 is 2.00 bits per heavy atom. The molecule has 4 atom stereocenters. The highest BCUT2D eigenvalue weighted by atomic mass is 19.4. The summed E-state index contributed by atoms with van der Waals surface area (Å²) in [6, 6.07) is 1.27. The van der Waals surface area contributed by atoms with Crippen molar-refractivity contribution < 1.29 is 13.2 Å². The highest BCUT2D eigenvalue weighted by Crippen LogP contribution is 2.54. The van der Waals surface area contributed by atoms with E-state index in [0.29, 0.717) is 30.1 Å². The van der Waals surface area contributed by atoms with E-state index >= 15 is 0 Å². The lowest BCUT2D eigenvalue weighted by Crippen LogP contribution is -2.47. The number of anilines is 2. The van der Waals surface area contributed by atoms with Gasteiger partial charge in [-0.2, -0.15) is 18.2 Å². The van der Waals surface area contributed by atoms with Crippen molar-refractivity contribution in [2.24, 2.45) is 22.9 Å². The molecule has 0 amide bonds. The van der Waals surface area contributed by atoms with Gasteiger partial charge in [-0.1, -0.05) is 0 Å². The van der Waals surface area contributed by atoms with Gasteiger partial charge in [0.15, 0.2) is 5.69 Å². The average Bonchev–Trinajstić information content (AvgIpc) is 3.02. The van der Waals surface area contributed by atoms with Gasteiger partial charge in [-0.05, 0) is 31.1 Å². The smallest absolute Gasteiger partial charge is 0.356 e. The maximum absolute atomic E-state index is 13.3. The van der Waals surface area contributed by atoms with Crippen molar-refractivity contribution in [1.29, 1.82) is 0 Å². The van der Waals surface area contributed by atoms with Crippen LogP contribution in [0.15, 0.2) is 11.2 Å². The van der Waals surface area contributed by atoms with Gasteiger partial charge in [0.05, 0.1) is 0 Å². The molecular formula is C16H21F3N8. The molecule has 3 aliphatic heterocycles. The van der Waals surface area contributed by atoms with Crippen LogP contribution in [0.4, 0.5) is 24.9 Å². The highest BCUT2D eigenvalue weighted by Gasteiger charge is 2.56. The number of alkyl halides is 3. The Kier molecular flexibility index (Phi) is 3.65. The third-order valence-corrected chi connectivity index (χ3v) is 6.15. The van der Waals surface area contributed by atoms with Crippen molar-refractivity contribution >= 4 is 17.6 Å². The molecule has 3 N–H and O–H groups in total. The van der Waals surface area contributed by atoms with Crippen LogP contribution in [0.2, 0.25) is 0 Å². The van der Waals surface area contributed by atoms with Gasteiger partial charge in [0, 0.05) is 38.2 Å². The number of nitrogens with one attached hydrogen (secondary N) is 3. The van der Waals surface area contributed by atoms with Crippen LogP contribution >= 0.6 is 0 Å². The molecule has 146 valence electrons. The minimum Gasteiger partial charge on any atom is -0.356 e. The first-order valence-electron chi connectivity index (χ1n) is 9.20. The normalized spacial score (nSPS) is 31.8. The first kappa shape index (κ1) is 16.8. The van der Waals surface area contributed by atoms with Gasteiger partial charge in [-0.25, -0.2) is 10.5 Å². The first-order valence-corrected chi connectivity index (χ1v) is 9.20. The molecule has 0 radical (unpaired) electrons. The predicted molar refractivity (Wildman–Crippen MR) is 92.6 cm³/mol. The van der Waals surface area contributed by atoms with Crippen molar-refractivity contribution in [3.63, 3.8) is 0 Å². The van der Waals surface area contributed by atoms with Crippen molar-refractivity contribution in [1.82, 2.24) is 26.5 Å². The topological polar surface area (TPSA) is 80.7 Å². The fourth-order valence-electron chi connectivity index (χ4n) is 4.35. The van der Waals surface area contributed by atoms with Crippen LogP contribution in [0.3, 0.4) is 0 Å². The zero-order valence-electron chi connectivity index (χ0n) is 14.8. The Bertz CT molecular complexity index is 769. The lowest BCUT2D eigenvalue weighted by atomic mass is 10.1. The molecule has 1 saturated carbocycles. The molecule has 1 aromatic heterocycles. The summed E-state index contributed by atoms with van der Waals surface area (Å²) in [7, 11) is 0. The molecule has 0 spiro atoms. The van der Waals surface area contributed by atoms with Gasteiger partial charge in [0.25, 0.3) is 0 Å². The van der Waals surface area contributed by atoms with Crippen LogP contribution in [0.25, 0.3) is 0 Å². The predicted octanol–water partition coefficient (Wildman–Crippen LogP) is 1.09. The summed E-state index contributed by atoms with van der Waals surface area (Å²) in [6.07, 6.45) is -2.68. The van der Waals surface area contributed by atoms with Crippen LogP contribution in [0.5, 0.6) is 0 Å². The van der Waals surface area contributed by atoms with E-state index in [9.17, 15) is 13.2 Å². The third kappa shape index (κ3) is 2.93. The van der Waals surface area contributed by atoms with Crippen LogP contribution in [0.1, 0.15) is 25.5 Å². The van der Waals surface area contributed by atoms with Crippen molar-refractivity contribution in [3.05, 3.63) is 11.8 Å². The van der Waals surface area contributed by atoms with Crippen LogP contribution in [0, 0.1) is 17.8 Å². The highest BCUT2D eigenvalue weighted by molar-refractivity contribution is 5.83. The fourth-order valence-corrected chi connectivity index (χ4v) is 4.35. The van der Waals surface area contributed by atoms with E-state index in [2.05, 4.69) is 31.6 Å². The van der Waals surface area contributed by atoms with Crippen molar-refractivity contribution in [3.8, 4) is 0 Å². The number of nitrogens with zero attached hydrogens (tertiary/aromatic N) is 5. The maximum atomic E-state index is 13.3. The molecule has 2 saturated heterocycles. The Labute approximate surface area is 154 Å². The molecule has 1 unspecified atom stereocenters. The number of aromatic nitrogens is 2. The lowest BCUT2D eigenvalue weighted by Gasteiger charge is -2.39. The molecule has 5 rings (SSSR count). The van der Waals surface area contributed by atoms with Gasteiger partial charge in [0.2, 0.25) is 5.95 Å². The average molecular weight is 382 g/mol. The summed E-state index contributed by atoms with van der Waals surface area (Å²) in [6.45, 7) is 4.14. The van der Waals surface area contributed by atoms with Gasteiger partial charge in [0.1, 0.15) is 11.7 Å². The van der Waals surface area contributed by atoms with Gasteiger partial charge < -0.3 is 9.80 Å². The summed E-state index contributed by atoms with van der Waals surface area (Å²) in [5.74, 6) is 2.93. The molecule has 0 bridgehead atoms. The SMILES string of the molecule is C[C@H]1CCN1c1nc(N2C[C@@H]3C(CC4=NNNN4)[C@@H]3C2)cc(C(F)(F)F)n1. The number of hydrogen-bond donors (Lipinski definition) is 3. The molecule has 11 heteroatoms. The van der Waals surface area contributed by atoms with Crippen molar-refractivity contribution in [2.75, 3.05) is 29.4 Å². The number of fused-ring (bicyclic) bond motifs is 1. The number of rotatable bonds is 4. The molecular weight excluding hydrogens is 361 g/mol. The summed E-state index contributed by atoms with van der Waals surface area (Å²) in [5, 5.41) is 4.09. The quantitative estimate of drug-likeness (QED) is 0.719. The monoisotopic (exact) mass is 382 g/mol. The molecule has 1 aromatic rings. The van der Waals surface area contributed by atoms with Gasteiger partial charge in [-0.3, -0.25) is 5.43 Å². The van der Waals surface area contributed by atoms with E-state index in [0.717, 1.165) is 37.8 Å². The van der Waals surface area contributed by atoms with E-state index in [4.69, 9.17) is 0 Å². The van der Waals surface area contributed by atoms with E-state index in [1.165, 1.54) is 0 Å². The second kappa shape index (κ2) is 5.85. The summed E-state index contributed by atoms with van der Waals surface area (Å²) in [5.41, 5.74) is 7.45. The lowest BCUT2D eigenvalue weighted by molar-refractivity contribution is -0.141. The summed E-state index contributed by atoms with van der Waals surface area (Å²) >= 11 is 0. The summed E-state index contributed by atoms with van der Waals surface area (Å²) < 4.78 is 40.0. The molecule has 8 nitrogen and oxygen atoms in total. The van der Waals surface area contributed by atoms with Gasteiger partial charge in [-0.15, -0.1) is 10.6 Å². The molecule has 4 aliphatic rings. The largest absolute Gasteiger partial charge is 0.433 e. The minimum absolute atomic E-state index is 0.180. The number of halogens is 3. The Balaban J connectivity index is 1.33. The number of hydrazine groups is 2. The van der Waals surface area contributed by atoms with Gasteiger partial charge >= 0.3 is 6.18 Å². The number of hydrazone groups is 1. The maximum Gasteiger partial charge on any atom is 0.433 e. The molecule has 27 heavy (non-hydrogen) atoms. The minimum atomic E-state index is -4.47. The van der Waals surface area contributed by atoms with E-state index in [1.54, 1.807) is 0 Å². The van der Waals surface area contributed by atoms with E-state index in [1.807, 2.05) is 16.7 Å². The zero-order chi connectivity index (χ0) is 18.8. The Hall–Kier alpha value is -2.30. The first-order chi connectivity index (χ1) is 12.9. The molecule has 0 aromatic carbocycles. The molecule has 4 heterocycles. The molecule has 1 aliphatic carbocycles. The second-order valence-electron chi connectivity index (χ2n) is 7.76. The van der Waals surface area contributed by atoms with E-state index < -0.39 is 11.9 Å². The summed E-state index contributed by atoms with van der Waals surface area (Å²) in [4.78, 5) is 12.1. The third-order valence-electron chi connectivity index (χ3n) is 6.15.